The Morgan fingerprint density at radius 2 is 1.92 bits per heavy atom. The molecular formula is C10H21NO. The van der Waals surface area contributed by atoms with E-state index in [0.29, 0.717) is 6.10 Å². The lowest BCUT2D eigenvalue weighted by Crippen LogP contribution is -2.28. The maximum Gasteiger partial charge on any atom is 0.0618 e. The van der Waals surface area contributed by atoms with E-state index in [1.807, 2.05) is 6.92 Å². The molecule has 1 atom stereocenters. The Morgan fingerprint density at radius 3 is 2.42 bits per heavy atom. The molecular weight excluding hydrogens is 150 g/mol. The van der Waals surface area contributed by atoms with E-state index < -0.39 is 0 Å². The summed E-state index contributed by atoms with van der Waals surface area (Å²) in [6, 6.07) is 0.185. The second-order valence-corrected chi connectivity index (χ2v) is 4.19. The summed E-state index contributed by atoms with van der Waals surface area (Å²) < 4.78 is 5.67. The Labute approximate surface area is 75.5 Å². The molecule has 0 spiro atoms. The smallest absolute Gasteiger partial charge is 0.0618 e. The van der Waals surface area contributed by atoms with Gasteiger partial charge < -0.3 is 10.5 Å². The molecule has 0 aromatic carbocycles. The Morgan fingerprint density at radius 1 is 1.33 bits per heavy atom. The first kappa shape index (κ1) is 10.0. The molecule has 1 fully saturated rings. The van der Waals surface area contributed by atoms with Crippen molar-refractivity contribution in [3.8, 4) is 0 Å². The Balaban J connectivity index is 2.09. The molecule has 2 nitrogen and oxygen atoms in total. The highest BCUT2D eigenvalue weighted by Gasteiger charge is 2.18. The van der Waals surface area contributed by atoms with Gasteiger partial charge in [0.15, 0.2) is 0 Å². The molecule has 12 heavy (non-hydrogen) atoms. The highest BCUT2D eigenvalue weighted by atomic mass is 16.5. The number of ether oxygens (including phenoxy) is 1. The predicted molar refractivity (Wildman–Crippen MR) is 51.0 cm³/mol. The molecule has 0 aromatic heterocycles. The summed E-state index contributed by atoms with van der Waals surface area (Å²) in [4.78, 5) is 0. The third-order valence-corrected chi connectivity index (χ3v) is 2.56. The van der Waals surface area contributed by atoms with Crippen LogP contribution in [0.5, 0.6) is 0 Å². The molecule has 2 heteroatoms. The Kier molecular flexibility index (Phi) is 4.02. The van der Waals surface area contributed by atoms with Gasteiger partial charge in [0.1, 0.15) is 0 Å². The zero-order valence-electron chi connectivity index (χ0n) is 8.25. The zero-order chi connectivity index (χ0) is 8.97. The van der Waals surface area contributed by atoms with Crippen LogP contribution in [0.3, 0.4) is 0 Å². The molecule has 0 bridgehead atoms. The number of hydrogen-bond donors (Lipinski definition) is 1. The standard InChI is InChI=1S/C10H21NO/c1-8-3-5-10(6-4-8)12-7-9(2)11/h8-10H,3-7,11H2,1-2H3/t8-,9-,10-/m0/s1. The summed E-state index contributed by atoms with van der Waals surface area (Å²) in [6.07, 6.45) is 5.60. The van der Waals surface area contributed by atoms with Crippen LogP contribution < -0.4 is 5.73 Å². The second kappa shape index (κ2) is 4.83. The van der Waals surface area contributed by atoms with Gasteiger partial charge in [-0.3, -0.25) is 0 Å². The number of rotatable bonds is 3. The lowest BCUT2D eigenvalue weighted by molar-refractivity contribution is 0.0147. The third-order valence-electron chi connectivity index (χ3n) is 2.56. The van der Waals surface area contributed by atoms with E-state index >= 15 is 0 Å². The molecule has 0 saturated heterocycles. The molecule has 0 aromatic rings. The minimum Gasteiger partial charge on any atom is -0.377 e. The topological polar surface area (TPSA) is 35.2 Å². The first-order valence-corrected chi connectivity index (χ1v) is 5.05. The van der Waals surface area contributed by atoms with Gasteiger partial charge in [0, 0.05) is 6.04 Å². The molecule has 2 N–H and O–H groups in total. The lowest BCUT2D eigenvalue weighted by atomic mass is 9.89. The lowest BCUT2D eigenvalue weighted by Gasteiger charge is -2.26. The van der Waals surface area contributed by atoms with Crippen molar-refractivity contribution in [2.75, 3.05) is 6.61 Å². The Hall–Kier alpha value is -0.0800. The van der Waals surface area contributed by atoms with Crippen LogP contribution in [-0.2, 0) is 4.74 Å². The van der Waals surface area contributed by atoms with E-state index in [1.165, 1.54) is 25.7 Å². The molecule has 1 aliphatic rings. The molecule has 0 radical (unpaired) electrons. The van der Waals surface area contributed by atoms with Crippen LogP contribution >= 0.6 is 0 Å². The molecule has 1 aliphatic carbocycles. The van der Waals surface area contributed by atoms with Gasteiger partial charge in [-0.05, 0) is 38.5 Å². The largest absolute Gasteiger partial charge is 0.377 e. The third kappa shape index (κ3) is 3.55. The van der Waals surface area contributed by atoms with Crippen LogP contribution in [0.1, 0.15) is 39.5 Å². The van der Waals surface area contributed by atoms with E-state index in [9.17, 15) is 0 Å². The monoisotopic (exact) mass is 171 g/mol. The first-order chi connectivity index (χ1) is 5.68. The van der Waals surface area contributed by atoms with E-state index in [2.05, 4.69) is 6.92 Å². The van der Waals surface area contributed by atoms with Gasteiger partial charge in [-0.2, -0.15) is 0 Å². The van der Waals surface area contributed by atoms with Crippen LogP contribution in [0, 0.1) is 5.92 Å². The van der Waals surface area contributed by atoms with Crippen LogP contribution in [0.4, 0.5) is 0 Å². The van der Waals surface area contributed by atoms with E-state index in [0.717, 1.165) is 12.5 Å². The van der Waals surface area contributed by atoms with Crippen LogP contribution in [-0.4, -0.2) is 18.8 Å². The van der Waals surface area contributed by atoms with Crippen molar-refractivity contribution >= 4 is 0 Å². The van der Waals surface area contributed by atoms with Crippen molar-refractivity contribution in [2.24, 2.45) is 11.7 Å². The van der Waals surface area contributed by atoms with Crippen molar-refractivity contribution in [3.05, 3.63) is 0 Å². The molecule has 1 saturated carbocycles. The van der Waals surface area contributed by atoms with Gasteiger partial charge in [-0.15, -0.1) is 0 Å². The van der Waals surface area contributed by atoms with Gasteiger partial charge in [-0.1, -0.05) is 6.92 Å². The van der Waals surface area contributed by atoms with Gasteiger partial charge >= 0.3 is 0 Å². The average molecular weight is 171 g/mol. The summed E-state index contributed by atoms with van der Waals surface area (Å²) in [7, 11) is 0. The molecule has 0 heterocycles. The van der Waals surface area contributed by atoms with E-state index in [-0.39, 0.29) is 6.04 Å². The summed E-state index contributed by atoms with van der Waals surface area (Å²) in [5.74, 6) is 0.903. The molecule has 0 unspecified atom stereocenters. The van der Waals surface area contributed by atoms with Crippen molar-refractivity contribution < 1.29 is 4.74 Å². The van der Waals surface area contributed by atoms with Gasteiger partial charge in [0.25, 0.3) is 0 Å². The minimum absolute atomic E-state index is 0.185. The van der Waals surface area contributed by atoms with Gasteiger partial charge in [0.05, 0.1) is 12.7 Å². The van der Waals surface area contributed by atoms with E-state index in [1.54, 1.807) is 0 Å². The highest BCUT2D eigenvalue weighted by Crippen LogP contribution is 2.25. The fraction of sp³-hybridized carbons (Fsp3) is 1.00. The fourth-order valence-corrected chi connectivity index (χ4v) is 1.68. The minimum atomic E-state index is 0.185. The van der Waals surface area contributed by atoms with Crippen LogP contribution in [0.2, 0.25) is 0 Å². The summed E-state index contributed by atoms with van der Waals surface area (Å²) in [6.45, 7) is 5.03. The average Bonchev–Trinajstić information content (AvgIpc) is 2.03. The molecule has 1 rings (SSSR count). The first-order valence-electron chi connectivity index (χ1n) is 5.05. The maximum atomic E-state index is 5.67. The molecule has 72 valence electrons. The number of hydrogen-bond acceptors (Lipinski definition) is 2. The molecule has 0 amide bonds. The zero-order valence-corrected chi connectivity index (χ0v) is 8.25. The highest BCUT2D eigenvalue weighted by molar-refractivity contribution is 4.70. The summed E-state index contributed by atoms with van der Waals surface area (Å²) in [5, 5.41) is 0. The van der Waals surface area contributed by atoms with Crippen molar-refractivity contribution in [2.45, 2.75) is 51.7 Å². The maximum absolute atomic E-state index is 5.67. The van der Waals surface area contributed by atoms with Crippen LogP contribution in [0.15, 0.2) is 0 Å². The normalized spacial score (nSPS) is 33.2. The van der Waals surface area contributed by atoms with E-state index in [4.69, 9.17) is 10.5 Å². The van der Waals surface area contributed by atoms with Crippen molar-refractivity contribution in [1.29, 1.82) is 0 Å². The Bertz CT molecular complexity index is 117. The van der Waals surface area contributed by atoms with Crippen molar-refractivity contribution in [3.63, 3.8) is 0 Å². The quantitative estimate of drug-likeness (QED) is 0.704. The number of nitrogens with two attached hydrogens (primary N) is 1. The summed E-state index contributed by atoms with van der Waals surface area (Å²) >= 11 is 0. The van der Waals surface area contributed by atoms with Gasteiger partial charge in [-0.25, -0.2) is 0 Å². The van der Waals surface area contributed by atoms with Gasteiger partial charge in [0.2, 0.25) is 0 Å². The predicted octanol–water partition coefficient (Wildman–Crippen LogP) is 1.93. The SMILES string of the molecule is C[C@H](N)CO[C@H]1CC[C@H](C)CC1. The second-order valence-electron chi connectivity index (χ2n) is 4.19. The van der Waals surface area contributed by atoms with Crippen molar-refractivity contribution in [1.82, 2.24) is 0 Å². The fourth-order valence-electron chi connectivity index (χ4n) is 1.68. The summed E-state index contributed by atoms with van der Waals surface area (Å²) in [5.41, 5.74) is 5.61. The molecule has 0 aliphatic heterocycles. The van der Waals surface area contributed by atoms with Crippen LogP contribution in [0.25, 0.3) is 0 Å².